The number of carboxylic acid groups (broad SMARTS) is 1. The average Bonchev–Trinajstić information content (AvgIpc) is 2.94. The molecule has 1 unspecified atom stereocenters. The summed E-state index contributed by atoms with van der Waals surface area (Å²) in [4.78, 5) is 24.1. The SMILES string of the molecule is COc1ccc(C(CC(=O)O)NC(=O)C2C(C)(C)C2(C)C)c(OC)c1. The summed E-state index contributed by atoms with van der Waals surface area (Å²) in [7, 11) is 3.05. The third kappa shape index (κ3) is 3.43. The molecule has 1 atom stereocenters. The van der Waals surface area contributed by atoms with Crippen LogP contribution in [0.3, 0.4) is 0 Å². The molecule has 0 spiro atoms. The zero-order valence-corrected chi connectivity index (χ0v) is 15.7. The van der Waals surface area contributed by atoms with Crippen molar-refractivity contribution < 1.29 is 24.2 Å². The van der Waals surface area contributed by atoms with E-state index in [1.807, 2.05) is 0 Å². The predicted octanol–water partition coefficient (Wildman–Crippen LogP) is 3.02. The van der Waals surface area contributed by atoms with Crippen LogP contribution in [0.4, 0.5) is 0 Å². The van der Waals surface area contributed by atoms with E-state index in [1.54, 1.807) is 25.3 Å². The fourth-order valence-corrected chi connectivity index (χ4v) is 3.63. The molecule has 1 saturated carbocycles. The van der Waals surface area contributed by atoms with E-state index >= 15 is 0 Å². The Morgan fingerprint density at radius 3 is 2.20 bits per heavy atom. The maximum absolute atomic E-state index is 12.8. The third-order valence-corrected chi connectivity index (χ3v) is 5.79. The lowest BCUT2D eigenvalue weighted by molar-refractivity contribution is -0.137. The first kappa shape index (κ1) is 19.1. The van der Waals surface area contributed by atoms with Gasteiger partial charge in [-0.3, -0.25) is 9.59 Å². The first-order valence-electron chi connectivity index (χ1n) is 8.30. The van der Waals surface area contributed by atoms with Crippen LogP contribution < -0.4 is 14.8 Å². The second-order valence-corrected chi connectivity index (χ2v) is 7.64. The fraction of sp³-hybridized carbons (Fsp3) is 0.579. The number of hydrogen-bond donors (Lipinski definition) is 2. The number of amides is 1. The van der Waals surface area contributed by atoms with Crippen LogP contribution in [0.2, 0.25) is 0 Å². The van der Waals surface area contributed by atoms with Crippen molar-refractivity contribution in [1.82, 2.24) is 5.32 Å². The topological polar surface area (TPSA) is 84.9 Å². The van der Waals surface area contributed by atoms with Crippen molar-refractivity contribution in [1.29, 1.82) is 0 Å². The van der Waals surface area contributed by atoms with Crippen molar-refractivity contribution in [3.63, 3.8) is 0 Å². The molecule has 0 saturated heterocycles. The molecule has 1 amide bonds. The molecule has 6 nitrogen and oxygen atoms in total. The van der Waals surface area contributed by atoms with Crippen LogP contribution >= 0.6 is 0 Å². The van der Waals surface area contributed by atoms with E-state index in [1.165, 1.54) is 7.11 Å². The molecule has 1 fully saturated rings. The largest absolute Gasteiger partial charge is 0.497 e. The molecule has 1 aromatic rings. The average molecular weight is 349 g/mol. The number of carboxylic acids is 1. The summed E-state index contributed by atoms with van der Waals surface area (Å²) in [6.07, 6.45) is -0.220. The first-order valence-corrected chi connectivity index (χ1v) is 8.30. The highest BCUT2D eigenvalue weighted by Gasteiger charge is 2.68. The Balaban J connectivity index is 2.29. The van der Waals surface area contributed by atoms with Gasteiger partial charge in [0.1, 0.15) is 11.5 Å². The van der Waals surface area contributed by atoms with E-state index in [9.17, 15) is 14.7 Å². The molecule has 138 valence electrons. The lowest BCUT2D eigenvalue weighted by Crippen LogP contribution is -2.33. The molecule has 6 heteroatoms. The molecule has 0 heterocycles. The molecular weight excluding hydrogens is 322 g/mol. The number of methoxy groups -OCH3 is 2. The van der Waals surface area contributed by atoms with E-state index < -0.39 is 12.0 Å². The van der Waals surface area contributed by atoms with Gasteiger partial charge in [-0.25, -0.2) is 0 Å². The minimum Gasteiger partial charge on any atom is -0.497 e. The molecule has 1 aliphatic carbocycles. The van der Waals surface area contributed by atoms with Gasteiger partial charge in [0.05, 0.1) is 26.7 Å². The van der Waals surface area contributed by atoms with Gasteiger partial charge in [-0.2, -0.15) is 0 Å². The Kier molecular flexibility index (Phi) is 5.02. The van der Waals surface area contributed by atoms with Crippen LogP contribution in [0.25, 0.3) is 0 Å². The summed E-state index contributed by atoms with van der Waals surface area (Å²) >= 11 is 0. The Morgan fingerprint density at radius 2 is 1.76 bits per heavy atom. The van der Waals surface area contributed by atoms with E-state index in [4.69, 9.17) is 9.47 Å². The quantitative estimate of drug-likeness (QED) is 0.790. The van der Waals surface area contributed by atoms with Gasteiger partial charge in [0, 0.05) is 17.5 Å². The third-order valence-electron chi connectivity index (χ3n) is 5.79. The second-order valence-electron chi connectivity index (χ2n) is 7.64. The molecule has 25 heavy (non-hydrogen) atoms. The summed E-state index contributed by atoms with van der Waals surface area (Å²) in [5.74, 6) is -0.178. The lowest BCUT2D eigenvalue weighted by Gasteiger charge is -2.21. The molecule has 0 aliphatic heterocycles. The van der Waals surface area contributed by atoms with Crippen LogP contribution in [0, 0.1) is 16.7 Å². The van der Waals surface area contributed by atoms with Gasteiger partial charge >= 0.3 is 5.97 Å². The number of ether oxygens (including phenoxy) is 2. The number of carbonyl (C=O) groups excluding carboxylic acids is 1. The molecule has 2 rings (SSSR count). The molecule has 1 aromatic carbocycles. The van der Waals surface area contributed by atoms with Crippen molar-refractivity contribution >= 4 is 11.9 Å². The van der Waals surface area contributed by atoms with Crippen LogP contribution in [-0.4, -0.2) is 31.2 Å². The van der Waals surface area contributed by atoms with Gasteiger partial charge in [-0.05, 0) is 23.0 Å². The highest BCUT2D eigenvalue weighted by atomic mass is 16.5. The Morgan fingerprint density at radius 1 is 1.16 bits per heavy atom. The smallest absolute Gasteiger partial charge is 0.305 e. The number of carbonyl (C=O) groups is 2. The second kappa shape index (κ2) is 6.58. The Bertz CT molecular complexity index is 666. The molecule has 0 bridgehead atoms. The van der Waals surface area contributed by atoms with Gasteiger partial charge < -0.3 is 19.9 Å². The lowest BCUT2D eigenvalue weighted by atomic mass is 10.0. The maximum atomic E-state index is 12.8. The minimum absolute atomic E-state index is 0.116. The summed E-state index contributed by atoms with van der Waals surface area (Å²) in [6, 6.07) is 4.47. The van der Waals surface area contributed by atoms with E-state index in [2.05, 4.69) is 33.0 Å². The summed E-state index contributed by atoms with van der Waals surface area (Å²) < 4.78 is 10.5. The van der Waals surface area contributed by atoms with Gasteiger partial charge in [-0.15, -0.1) is 0 Å². The number of hydrogen-bond acceptors (Lipinski definition) is 4. The highest BCUT2D eigenvalue weighted by Crippen LogP contribution is 2.68. The normalized spacial score (nSPS) is 19.0. The maximum Gasteiger partial charge on any atom is 0.305 e. The van der Waals surface area contributed by atoms with Crippen LogP contribution in [0.5, 0.6) is 11.5 Å². The monoisotopic (exact) mass is 349 g/mol. The minimum atomic E-state index is -0.988. The van der Waals surface area contributed by atoms with Crippen molar-refractivity contribution in [3.8, 4) is 11.5 Å². The number of rotatable bonds is 7. The fourth-order valence-electron chi connectivity index (χ4n) is 3.63. The predicted molar refractivity (Wildman–Crippen MR) is 93.7 cm³/mol. The standard InChI is InChI=1S/C19H27NO5/c1-18(2)16(19(18,3)4)17(23)20-13(10-15(21)22)12-8-7-11(24-5)9-14(12)25-6/h7-9,13,16H,10H2,1-6H3,(H,20,23)(H,21,22). The molecule has 2 N–H and O–H groups in total. The summed E-state index contributed by atoms with van der Waals surface area (Å²) in [6.45, 7) is 8.21. The van der Waals surface area contributed by atoms with Crippen LogP contribution in [-0.2, 0) is 9.59 Å². The molecule has 0 aromatic heterocycles. The highest BCUT2D eigenvalue weighted by molar-refractivity contribution is 5.85. The zero-order valence-electron chi connectivity index (χ0n) is 15.7. The first-order chi connectivity index (χ1) is 11.6. The summed E-state index contributed by atoms with van der Waals surface area (Å²) in [5.41, 5.74) is 0.388. The van der Waals surface area contributed by atoms with Crippen LogP contribution in [0.1, 0.15) is 45.7 Å². The van der Waals surface area contributed by atoms with E-state index in [0.29, 0.717) is 17.1 Å². The van der Waals surface area contributed by atoms with Gasteiger partial charge in [0.15, 0.2) is 0 Å². The Labute approximate surface area is 148 Å². The van der Waals surface area contributed by atoms with Crippen molar-refractivity contribution in [2.75, 3.05) is 14.2 Å². The van der Waals surface area contributed by atoms with Crippen LogP contribution in [0.15, 0.2) is 18.2 Å². The van der Waals surface area contributed by atoms with Gasteiger partial charge in [0.2, 0.25) is 5.91 Å². The van der Waals surface area contributed by atoms with Gasteiger partial charge in [-0.1, -0.05) is 27.7 Å². The zero-order chi connectivity index (χ0) is 19.0. The van der Waals surface area contributed by atoms with Gasteiger partial charge in [0.25, 0.3) is 0 Å². The molecule has 1 aliphatic rings. The van der Waals surface area contributed by atoms with Crippen molar-refractivity contribution in [2.24, 2.45) is 16.7 Å². The molecular formula is C19H27NO5. The van der Waals surface area contributed by atoms with Crippen molar-refractivity contribution in [3.05, 3.63) is 23.8 Å². The number of aliphatic carboxylic acids is 1. The molecule has 0 radical (unpaired) electrons. The number of benzene rings is 1. The number of nitrogens with one attached hydrogen (secondary N) is 1. The van der Waals surface area contributed by atoms with E-state index in [-0.39, 0.29) is 29.1 Å². The summed E-state index contributed by atoms with van der Waals surface area (Å²) in [5, 5.41) is 12.2. The van der Waals surface area contributed by atoms with Crippen molar-refractivity contribution in [2.45, 2.75) is 40.2 Å². The van der Waals surface area contributed by atoms with E-state index in [0.717, 1.165) is 0 Å². The Hall–Kier alpha value is -2.24.